The second-order valence-electron chi connectivity index (χ2n) is 6.99. The molecule has 1 fully saturated rings. The molecule has 114 valence electrons. The minimum Gasteiger partial charge on any atom is -0.327 e. The third-order valence-corrected chi connectivity index (χ3v) is 5.20. The third kappa shape index (κ3) is 3.63. The lowest BCUT2D eigenvalue weighted by Gasteiger charge is -2.35. The van der Waals surface area contributed by atoms with E-state index in [-0.39, 0.29) is 0 Å². The van der Waals surface area contributed by atoms with E-state index in [1.54, 1.807) is 0 Å². The van der Waals surface area contributed by atoms with Crippen LogP contribution < -0.4 is 5.73 Å². The van der Waals surface area contributed by atoms with E-state index >= 15 is 0 Å². The van der Waals surface area contributed by atoms with Crippen LogP contribution in [0.1, 0.15) is 65.1 Å². The van der Waals surface area contributed by atoms with Gasteiger partial charge in [0, 0.05) is 18.3 Å². The van der Waals surface area contributed by atoms with E-state index in [0.29, 0.717) is 18.0 Å². The van der Waals surface area contributed by atoms with Gasteiger partial charge in [-0.15, -0.1) is 0 Å². The van der Waals surface area contributed by atoms with E-state index in [0.717, 1.165) is 24.7 Å². The highest BCUT2D eigenvalue weighted by Gasteiger charge is 2.30. The van der Waals surface area contributed by atoms with Crippen LogP contribution in [0.25, 0.3) is 0 Å². The van der Waals surface area contributed by atoms with Crippen molar-refractivity contribution in [1.29, 1.82) is 0 Å². The fourth-order valence-electron chi connectivity index (χ4n) is 3.35. The van der Waals surface area contributed by atoms with E-state index in [4.69, 9.17) is 10.8 Å². The quantitative estimate of drug-likeness (QED) is 0.889. The summed E-state index contributed by atoms with van der Waals surface area (Å²) in [7, 11) is 0. The molecule has 0 amide bonds. The fourth-order valence-corrected chi connectivity index (χ4v) is 3.35. The van der Waals surface area contributed by atoms with Gasteiger partial charge in [0.2, 0.25) is 0 Å². The molecule has 1 heterocycles. The number of nitrogens with zero attached hydrogens (tertiary/aromatic N) is 2. The second-order valence-corrected chi connectivity index (χ2v) is 6.99. The maximum atomic E-state index is 6.35. The number of rotatable bonds is 5. The van der Waals surface area contributed by atoms with Crippen molar-refractivity contribution >= 4 is 0 Å². The Morgan fingerprint density at radius 2 is 2.10 bits per heavy atom. The van der Waals surface area contributed by atoms with Crippen molar-refractivity contribution in [3.63, 3.8) is 0 Å². The minimum absolute atomic E-state index is 0.360. The first-order valence-corrected chi connectivity index (χ1v) is 8.30. The summed E-state index contributed by atoms with van der Waals surface area (Å²) in [6, 6.07) is 3.03. The van der Waals surface area contributed by atoms with E-state index in [9.17, 15) is 0 Å². The van der Waals surface area contributed by atoms with Crippen LogP contribution in [0.2, 0.25) is 0 Å². The Bertz CT molecular complexity index is 410. The molecule has 0 radical (unpaired) electrons. The molecule has 0 aromatic carbocycles. The van der Waals surface area contributed by atoms with Crippen molar-refractivity contribution in [2.45, 2.75) is 71.9 Å². The normalized spacial score (nSPS) is 28.8. The predicted octanol–water partition coefficient (Wildman–Crippen LogP) is 3.80. The zero-order valence-corrected chi connectivity index (χ0v) is 13.5. The molecule has 4 unspecified atom stereocenters. The fraction of sp³-hybridized carbons (Fsp3) is 0.824. The minimum atomic E-state index is 0.360. The summed E-state index contributed by atoms with van der Waals surface area (Å²) in [4.78, 5) is 0. The molecule has 0 aliphatic heterocycles. The maximum absolute atomic E-state index is 6.35. The van der Waals surface area contributed by atoms with E-state index < -0.39 is 0 Å². The average Bonchev–Trinajstić information content (AvgIpc) is 2.88. The van der Waals surface area contributed by atoms with Crippen molar-refractivity contribution in [2.75, 3.05) is 0 Å². The Morgan fingerprint density at radius 1 is 1.35 bits per heavy atom. The molecule has 3 heteroatoms. The van der Waals surface area contributed by atoms with Gasteiger partial charge in [0.1, 0.15) is 0 Å². The molecule has 4 atom stereocenters. The number of hydrogen-bond donors (Lipinski definition) is 1. The topological polar surface area (TPSA) is 43.8 Å². The summed E-state index contributed by atoms with van der Waals surface area (Å²) in [5, 5.41) is 4.74. The van der Waals surface area contributed by atoms with Crippen LogP contribution in [0.15, 0.2) is 12.3 Å². The maximum Gasteiger partial charge on any atom is 0.0628 e. The van der Waals surface area contributed by atoms with Gasteiger partial charge in [-0.3, -0.25) is 4.68 Å². The van der Waals surface area contributed by atoms with Crippen LogP contribution in [0.4, 0.5) is 0 Å². The third-order valence-electron chi connectivity index (χ3n) is 5.20. The van der Waals surface area contributed by atoms with E-state index in [1.807, 2.05) is 0 Å². The van der Waals surface area contributed by atoms with Gasteiger partial charge in [0.25, 0.3) is 0 Å². The average molecular weight is 277 g/mol. The summed E-state index contributed by atoms with van der Waals surface area (Å²) in [5.41, 5.74) is 7.57. The lowest BCUT2D eigenvalue weighted by Crippen LogP contribution is -2.38. The highest BCUT2D eigenvalue weighted by Crippen LogP contribution is 2.34. The Balaban J connectivity index is 1.98. The van der Waals surface area contributed by atoms with Gasteiger partial charge in [0.15, 0.2) is 0 Å². The highest BCUT2D eigenvalue weighted by molar-refractivity contribution is 5.03. The molecule has 1 aromatic rings. The number of nitrogens with two attached hydrogens (primary N) is 1. The lowest BCUT2D eigenvalue weighted by atomic mass is 9.72. The lowest BCUT2D eigenvalue weighted by molar-refractivity contribution is 0.188. The van der Waals surface area contributed by atoms with Gasteiger partial charge in [-0.05, 0) is 62.8 Å². The van der Waals surface area contributed by atoms with Crippen LogP contribution in [-0.2, 0) is 6.42 Å². The summed E-state index contributed by atoms with van der Waals surface area (Å²) in [6.07, 6.45) is 8.05. The molecular formula is C17H31N3. The van der Waals surface area contributed by atoms with Gasteiger partial charge in [-0.2, -0.15) is 5.10 Å². The second kappa shape index (κ2) is 6.75. The van der Waals surface area contributed by atoms with E-state index in [2.05, 4.69) is 44.6 Å². The first-order chi connectivity index (χ1) is 9.51. The Morgan fingerprint density at radius 3 is 2.75 bits per heavy atom. The highest BCUT2D eigenvalue weighted by atomic mass is 15.3. The first-order valence-electron chi connectivity index (χ1n) is 8.30. The summed E-state index contributed by atoms with van der Waals surface area (Å²) in [5.74, 6) is 2.23. The van der Waals surface area contributed by atoms with Gasteiger partial charge >= 0.3 is 0 Å². The molecule has 20 heavy (non-hydrogen) atoms. The van der Waals surface area contributed by atoms with Gasteiger partial charge in [-0.25, -0.2) is 0 Å². The molecule has 1 aliphatic rings. The van der Waals surface area contributed by atoms with Crippen molar-refractivity contribution in [3.8, 4) is 0 Å². The van der Waals surface area contributed by atoms with Crippen molar-refractivity contribution in [2.24, 2.45) is 23.5 Å². The van der Waals surface area contributed by atoms with Crippen molar-refractivity contribution < 1.29 is 0 Å². The number of hydrogen-bond acceptors (Lipinski definition) is 2. The SMILES string of the molecule is CCC(C)n1ccc(CC2CC(C(C)C)CCC2N)n1. The molecule has 0 spiro atoms. The molecule has 1 aliphatic carbocycles. The number of aromatic nitrogens is 2. The van der Waals surface area contributed by atoms with Crippen molar-refractivity contribution in [3.05, 3.63) is 18.0 Å². The smallest absolute Gasteiger partial charge is 0.0628 e. The molecule has 0 bridgehead atoms. The van der Waals surface area contributed by atoms with Crippen LogP contribution in [0, 0.1) is 17.8 Å². The summed E-state index contributed by atoms with van der Waals surface area (Å²) in [6.45, 7) is 9.11. The Hall–Kier alpha value is -0.830. The standard InChI is InChI=1S/C17H31N3/c1-5-13(4)20-9-8-16(19-20)11-15-10-14(12(2)3)6-7-17(15)18/h8-9,12-15,17H,5-7,10-11,18H2,1-4H3. The Kier molecular flexibility index (Phi) is 5.25. The van der Waals surface area contributed by atoms with Crippen molar-refractivity contribution in [1.82, 2.24) is 9.78 Å². The molecule has 1 saturated carbocycles. The first kappa shape index (κ1) is 15.6. The van der Waals surface area contributed by atoms with Gasteiger partial charge in [0.05, 0.1) is 5.69 Å². The molecular weight excluding hydrogens is 246 g/mol. The summed E-state index contributed by atoms with van der Waals surface area (Å²) < 4.78 is 2.10. The zero-order valence-electron chi connectivity index (χ0n) is 13.5. The molecule has 0 saturated heterocycles. The molecule has 1 aromatic heterocycles. The predicted molar refractivity (Wildman–Crippen MR) is 84.6 cm³/mol. The zero-order chi connectivity index (χ0) is 14.7. The van der Waals surface area contributed by atoms with Crippen LogP contribution >= 0.6 is 0 Å². The monoisotopic (exact) mass is 277 g/mol. The summed E-state index contributed by atoms with van der Waals surface area (Å²) >= 11 is 0. The molecule has 2 rings (SSSR count). The largest absolute Gasteiger partial charge is 0.327 e. The van der Waals surface area contributed by atoms with Crippen LogP contribution in [0.3, 0.4) is 0 Å². The van der Waals surface area contributed by atoms with Crippen LogP contribution in [0.5, 0.6) is 0 Å². The van der Waals surface area contributed by atoms with Crippen LogP contribution in [-0.4, -0.2) is 15.8 Å². The van der Waals surface area contributed by atoms with Gasteiger partial charge in [-0.1, -0.05) is 20.8 Å². The molecule has 3 nitrogen and oxygen atoms in total. The molecule has 2 N–H and O–H groups in total. The Labute approximate surface area is 123 Å². The van der Waals surface area contributed by atoms with E-state index in [1.165, 1.54) is 25.0 Å². The van der Waals surface area contributed by atoms with Gasteiger partial charge < -0.3 is 5.73 Å².